The van der Waals surface area contributed by atoms with Gasteiger partial charge in [-0.15, -0.1) is 0 Å². The molecule has 0 bridgehead atoms. The van der Waals surface area contributed by atoms with Gasteiger partial charge in [-0.3, -0.25) is 0 Å². The summed E-state index contributed by atoms with van der Waals surface area (Å²) in [6.45, 7) is 7.43. The molecule has 1 amide bonds. The lowest BCUT2D eigenvalue weighted by atomic mass is 10.1. The van der Waals surface area contributed by atoms with E-state index in [4.69, 9.17) is 14.7 Å². The van der Waals surface area contributed by atoms with Crippen molar-refractivity contribution in [2.45, 2.75) is 64.3 Å². The first kappa shape index (κ1) is 28.1. The number of nitrogens with one attached hydrogen (secondary N) is 1. The second-order valence-corrected chi connectivity index (χ2v) is 12.1. The predicted octanol–water partition coefficient (Wildman–Crippen LogP) is 6.70. The van der Waals surface area contributed by atoms with Gasteiger partial charge in [-0.2, -0.15) is 13.2 Å². The smallest absolute Gasteiger partial charge is 0.416 e. The molecule has 2 aliphatic rings. The molecule has 1 aliphatic carbocycles. The number of piperazine rings is 1. The highest BCUT2D eigenvalue weighted by Gasteiger charge is 2.32. The van der Waals surface area contributed by atoms with Crippen molar-refractivity contribution < 1.29 is 22.7 Å². The van der Waals surface area contributed by atoms with Gasteiger partial charge in [0.15, 0.2) is 5.13 Å². The van der Waals surface area contributed by atoms with Crippen LogP contribution in [-0.4, -0.2) is 63.8 Å². The van der Waals surface area contributed by atoms with Crippen LogP contribution < -0.4 is 10.2 Å². The Kier molecular flexibility index (Phi) is 7.89. The SMILES string of the molecule is CC(C)(C)OC(=O)N1CCN(c2nc(-c3cccc(C(F)(F)F)c3)c(-c3ccnc(NC4CCCC4)n3)s2)CC1. The number of benzene rings is 1. The fourth-order valence-electron chi connectivity index (χ4n) is 4.87. The summed E-state index contributed by atoms with van der Waals surface area (Å²) in [5, 5.41) is 4.06. The lowest BCUT2D eigenvalue weighted by Crippen LogP contribution is -2.50. The van der Waals surface area contributed by atoms with Gasteiger partial charge >= 0.3 is 12.3 Å². The summed E-state index contributed by atoms with van der Waals surface area (Å²) in [6, 6.07) is 7.29. The third-order valence-corrected chi connectivity index (χ3v) is 8.00. The third kappa shape index (κ3) is 6.65. The molecule has 0 radical (unpaired) electrons. The number of anilines is 2. The van der Waals surface area contributed by atoms with Gasteiger partial charge in [-0.25, -0.2) is 19.7 Å². The van der Waals surface area contributed by atoms with Crippen molar-refractivity contribution in [1.29, 1.82) is 0 Å². The number of hydrogen-bond donors (Lipinski definition) is 1. The first-order valence-electron chi connectivity index (χ1n) is 13.5. The standard InChI is InChI=1S/C28H33F3N6O2S/c1-27(2,3)39-26(38)37-15-13-36(14-16-37)25-35-22(18-7-6-8-19(17-18)28(29,30)31)23(40-25)21-11-12-32-24(34-21)33-20-9-4-5-10-20/h6-8,11-12,17,20H,4-5,9-10,13-16H2,1-3H3,(H,32,33,34). The molecule has 1 aromatic carbocycles. The number of nitrogens with zero attached hydrogens (tertiary/aromatic N) is 5. The lowest BCUT2D eigenvalue weighted by Gasteiger charge is -2.35. The Morgan fingerprint density at radius 3 is 2.45 bits per heavy atom. The zero-order chi connectivity index (χ0) is 28.5. The number of rotatable bonds is 5. The lowest BCUT2D eigenvalue weighted by molar-refractivity contribution is -0.137. The number of alkyl halides is 3. The zero-order valence-corrected chi connectivity index (χ0v) is 23.6. The third-order valence-electron chi connectivity index (χ3n) is 6.86. The normalized spacial score (nSPS) is 16.9. The van der Waals surface area contributed by atoms with Crippen LogP contribution in [0.3, 0.4) is 0 Å². The summed E-state index contributed by atoms with van der Waals surface area (Å²) in [4.78, 5) is 30.8. The first-order chi connectivity index (χ1) is 19.0. The second kappa shape index (κ2) is 11.2. The van der Waals surface area contributed by atoms with Crippen LogP contribution >= 0.6 is 11.3 Å². The Hall–Kier alpha value is -3.41. The molecule has 12 heteroatoms. The molecule has 214 valence electrons. The number of amides is 1. The summed E-state index contributed by atoms with van der Waals surface area (Å²) in [7, 11) is 0. The number of halogens is 3. The van der Waals surface area contributed by atoms with E-state index in [0.717, 1.165) is 37.8 Å². The molecule has 2 aromatic heterocycles. The summed E-state index contributed by atoms with van der Waals surface area (Å²) in [6.07, 6.45) is 1.27. The average molecular weight is 575 g/mol. The van der Waals surface area contributed by atoms with Crippen molar-refractivity contribution >= 4 is 28.5 Å². The highest BCUT2D eigenvalue weighted by atomic mass is 32.1. The van der Waals surface area contributed by atoms with Gasteiger partial charge in [-0.05, 0) is 51.8 Å². The molecule has 0 spiro atoms. The minimum atomic E-state index is -4.47. The Morgan fingerprint density at radius 2 is 1.77 bits per heavy atom. The van der Waals surface area contributed by atoms with E-state index in [1.165, 1.54) is 17.4 Å². The molecule has 8 nitrogen and oxygen atoms in total. The van der Waals surface area contributed by atoms with Crippen LogP contribution in [0, 0.1) is 0 Å². The van der Waals surface area contributed by atoms with Gasteiger partial charge in [0, 0.05) is 44.0 Å². The minimum absolute atomic E-state index is 0.316. The summed E-state index contributed by atoms with van der Waals surface area (Å²) < 4.78 is 46.2. The molecule has 2 fully saturated rings. The van der Waals surface area contributed by atoms with Gasteiger partial charge in [0.25, 0.3) is 0 Å². The van der Waals surface area contributed by atoms with Crippen LogP contribution in [0.5, 0.6) is 0 Å². The Labute approximate surface area is 235 Å². The Morgan fingerprint density at radius 1 is 1.05 bits per heavy atom. The molecule has 40 heavy (non-hydrogen) atoms. The summed E-state index contributed by atoms with van der Waals surface area (Å²) in [5.74, 6) is 0.500. The highest BCUT2D eigenvalue weighted by Crippen LogP contribution is 2.41. The molecule has 1 aliphatic heterocycles. The molecule has 1 saturated carbocycles. The van der Waals surface area contributed by atoms with Crippen LogP contribution in [0.4, 0.5) is 29.0 Å². The summed E-state index contributed by atoms with van der Waals surface area (Å²) in [5.41, 5.74) is 0.0815. The number of carbonyl (C=O) groups is 1. The quantitative estimate of drug-likeness (QED) is 0.363. The maximum Gasteiger partial charge on any atom is 0.416 e. The maximum absolute atomic E-state index is 13.6. The van der Waals surface area contributed by atoms with E-state index in [1.54, 1.807) is 23.2 Å². The van der Waals surface area contributed by atoms with Gasteiger partial charge in [0.05, 0.1) is 21.8 Å². The molecule has 1 saturated heterocycles. The van der Waals surface area contributed by atoms with Gasteiger partial charge in [0.2, 0.25) is 5.95 Å². The van der Waals surface area contributed by atoms with E-state index >= 15 is 0 Å². The predicted molar refractivity (Wildman–Crippen MR) is 149 cm³/mol. The van der Waals surface area contributed by atoms with Crippen LogP contribution in [0.25, 0.3) is 21.8 Å². The molecule has 3 aromatic rings. The highest BCUT2D eigenvalue weighted by molar-refractivity contribution is 7.19. The molecule has 5 rings (SSSR count). The van der Waals surface area contributed by atoms with Crippen LogP contribution in [-0.2, 0) is 10.9 Å². The first-order valence-corrected chi connectivity index (χ1v) is 14.3. The number of thiazole rings is 1. The molecule has 1 N–H and O–H groups in total. The topological polar surface area (TPSA) is 83.5 Å². The fourth-order valence-corrected chi connectivity index (χ4v) is 5.98. The zero-order valence-electron chi connectivity index (χ0n) is 22.8. The monoisotopic (exact) mass is 574 g/mol. The second-order valence-electron chi connectivity index (χ2n) is 11.1. The number of ether oxygens (including phenoxy) is 1. The van der Waals surface area contributed by atoms with Crippen LogP contribution in [0.2, 0.25) is 0 Å². The number of aromatic nitrogens is 3. The van der Waals surface area contributed by atoms with E-state index in [0.29, 0.717) is 65.1 Å². The largest absolute Gasteiger partial charge is 0.444 e. The van der Waals surface area contributed by atoms with Crippen LogP contribution in [0.15, 0.2) is 36.5 Å². The van der Waals surface area contributed by atoms with Crippen molar-refractivity contribution in [1.82, 2.24) is 19.9 Å². The van der Waals surface area contributed by atoms with Gasteiger partial charge < -0.3 is 19.9 Å². The molecular formula is C28H33F3N6O2S. The molecule has 0 atom stereocenters. The van der Waals surface area contributed by atoms with E-state index in [-0.39, 0.29) is 6.09 Å². The molecule has 0 unspecified atom stereocenters. The van der Waals surface area contributed by atoms with E-state index in [9.17, 15) is 18.0 Å². The van der Waals surface area contributed by atoms with Crippen molar-refractivity contribution in [3.63, 3.8) is 0 Å². The molecule has 3 heterocycles. The number of carbonyl (C=O) groups excluding carboxylic acids is 1. The molecular weight excluding hydrogens is 541 g/mol. The number of hydrogen-bond acceptors (Lipinski definition) is 8. The minimum Gasteiger partial charge on any atom is -0.444 e. The van der Waals surface area contributed by atoms with E-state index in [2.05, 4.69) is 10.3 Å². The van der Waals surface area contributed by atoms with Crippen molar-refractivity contribution in [2.75, 3.05) is 36.4 Å². The maximum atomic E-state index is 13.6. The van der Waals surface area contributed by atoms with Crippen LogP contribution in [0.1, 0.15) is 52.0 Å². The van der Waals surface area contributed by atoms with E-state index in [1.807, 2.05) is 25.7 Å². The Balaban J connectivity index is 1.45. The van der Waals surface area contributed by atoms with Gasteiger partial charge in [0.1, 0.15) is 5.60 Å². The van der Waals surface area contributed by atoms with Crippen molar-refractivity contribution in [3.8, 4) is 21.8 Å². The summed E-state index contributed by atoms with van der Waals surface area (Å²) >= 11 is 1.38. The van der Waals surface area contributed by atoms with Crippen molar-refractivity contribution in [3.05, 3.63) is 42.1 Å². The fraction of sp³-hybridized carbons (Fsp3) is 0.500. The van der Waals surface area contributed by atoms with Crippen molar-refractivity contribution in [2.24, 2.45) is 0 Å². The van der Waals surface area contributed by atoms with E-state index < -0.39 is 17.3 Å². The van der Waals surface area contributed by atoms with Gasteiger partial charge in [-0.1, -0.05) is 36.3 Å². The average Bonchev–Trinajstić information content (AvgIpc) is 3.58. The Bertz CT molecular complexity index is 1340.